The van der Waals surface area contributed by atoms with Crippen molar-refractivity contribution in [1.29, 1.82) is 0 Å². The maximum atomic E-state index is 11.2. The van der Waals surface area contributed by atoms with Crippen LogP contribution in [0, 0.1) is 6.92 Å². The molecule has 0 aliphatic carbocycles. The summed E-state index contributed by atoms with van der Waals surface area (Å²) in [6.45, 7) is 3.37. The third-order valence-corrected chi connectivity index (χ3v) is 2.86. The van der Waals surface area contributed by atoms with Gasteiger partial charge < -0.3 is 14.6 Å². The van der Waals surface area contributed by atoms with E-state index in [1.165, 1.54) is 16.7 Å². The van der Waals surface area contributed by atoms with Crippen LogP contribution in [-0.4, -0.2) is 41.9 Å². The van der Waals surface area contributed by atoms with Crippen LogP contribution in [0.15, 0.2) is 10.5 Å². The van der Waals surface area contributed by atoms with Crippen LogP contribution in [-0.2, 0) is 19.1 Å². The van der Waals surface area contributed by atoms with Gasteiger partial charge in [0.1, 0.15) is 5.69 Å². The van der Waals surface area contributed by atoms with E-state index in [1.54, 1.807) is 13.8 Å². The number of aryl methyl sites for hydroxylation is 1. The molecule has 1 rings (SSSR count). The number of hydrogen-bond donors (Lipinski definition) is 1. The summed E-state index contributed by atoms with van der Waals surface area (Å²) in [6, 6.07) is 0. The molecule has 100 valence electrons. The van der Waals surface area contributed by atoms with Crippen molar-refractivity contribution in [2.24, 2.45) is 5.16 Å². The number of carbonyl (C=O) groups excluding carboxylic acids is 1. The lowest BCUT2D eigenvalue weighted by Gasteiger charge is -2.10. The minimum atomic E-state index is -1.30. The van der Waals surface area contributed by atoms with Crippen molar-refractivity contribution in [2.45, 2.75) is 26.4 Å². The molecule has 0 saturated carbocycles. The SMILES string of the molecule is [B]OC(=O)C(CC)O/N=C(\C(=O)O)c1csc(C)n1. The molecule has 7 nitrogen and oxygen atoms in total. The van der Waals surface area contributed by atoms with Crippen LogP contribution >= 0.6 is 11.3 Å². The third-order valence-electron chi connectivity index (χ3n) is 2.09. The number of carboxylic acids is 1. The zero-order valence-corrected chi connectivity index (χ0v) is 11.1. The summed E-state index contributed by atoms with van der Waals surface area (Å²) in [6.07, 6.45) is -0.818. The number of oxime groups is 1. The molecule has 0 bridgehead atoms. The van der Waals surface area contributed by atoms with E-state index >= 15 is 0 Å². The van der Waals surface area contributed by atoms with Gasteiger partial charge in [-0.2, -0.15) is 0 Å². The highest BCUT2D eigenvalue weighted by Crippen LogP contribution is 2.10. The second kappa shape index (κ2) is 6.88. The van der Waals surface area contributed by atoms with Gasteiger partial charge in [-0.1, -0.05) is 12.1 Å². The van der Waals surface area contributed by atoms with Gasteiger partial charge in [-0.05, 0) is 13.3 Å². The quantitative estimate of drug-likeness (QED) is 0.467. The van der Waals surface area contributed by atoms with E-state index in [-0.39, 0.29) is 17.8 Å². The van der Waals surface area contributed by atoms with Crippen molar-refractivity contribution in [1.82, 2.24) is 4.98 Å². The van der Waals surface area contributed by atoms with Gasteiger partial charge in [0.2, 0.25) is 11.8 Å². The van der Waals surface area contributed by atoms with E-state index in [2.05, 4.69) is 14.8 Å². The van der Waals surface area contributed by atoms with Gasteiger partial charge in [-0.3, -0.25) is 0 Å². The topological polar surface area (TPSA) is 98.1 Å². The summed E-state index contributed by atoms with van der Waals surface area (Å²) in [4.78, 5) is 31.1. The summed E-state index contributed by atoms with van der Waals surface area (Å²) in [5.41, 5.74) is -0.210. The average Bonchev–Trinajstić information content (AvgIpc) is 2.79. The molecular formula is C10H11BN2O5S. The van der Waals surface area contributed by atoms with E-state index in [0.717, 1.165) is 0 Å². The molecule has 9 heteroatoms. The van der Waals surface area contributed by atoms with Crippen LogP contribution in [0.25, 0.3) is 0 Å². The van der Waals surface area contributed by atoms with Gasteiger partial charge >= 0.3 is 20.0 Å². The van der Waals surface area contributed by atoms with Crippen LogP contribution in [0.1, 0.15) is 24.0 Å². The molecule has 1 aromatic rings. The second-order valence-corrected chi connectivity index (χ2v) is 4.50. The van der Waals surface area contributed by atoms with Crippen molar-refractivity contribution < 1.29 is 24.2 Å². The third kappa shape index (κ3) is 4.06. The number of carbonyl (C=O) groups is 2. The number of hydrogen-bond acceptors (Lipinski definition) is 7. The van der Waals surface area contributed by atoms with Gasteiger partial charge in [0.15, 0.2) is 0 Å². The minimum absolute atomic E-state index is 0.172. The normalized spacial score (nSPS) is 12.8. The molecule has 0 spiro atoms. The first-order valence-corrected chi connectivity index (χ1v) is 6.17. The Balaban J connectivity index is 2.91. The van der Waals surface area contributed by atoms with Gasteiger partial charge in [0, 0.05) is 5.38 Å². The van der Waals surface area contributed by atoms with Crippen molar-refractivity contribution in [3.63, 3.8) is 0 Å². The second-order valence-electron chi connectivity index (χ2n) is 3.44. The average molecular weight is 282 g/mol. The maximum Gasteiger partial charge on any atom is 0.378 e. The predicted octanol–water partition coefficient (Wildman–Crippen LogP) is 0.662. The molecule has 0 saturated heterocycles. The molecule has 1 aromatic heterocycles. The van der Waals surface area contributed by atoms with Crippen LogP contribution in [0.4, 0.5) is 0 Å². The Labute approximate surface area is 114 Å². The Kier molecular flexibility index (Phi) is 5.49. The predicted molar refractivity (Wildman–Crippen MR) is 68.0 cm³/mol. The number of carboxylic acid groups (broad SMARTS) is 1. The first kappa shape index (κ1) is 15.2. The molecule has 1 atom stereocenters. The molecule has 0 aliphatic heterocycles. The minimum Gasteiger partial charge on any atom is -0.541 e. The van der Waals surface area contributed by atoms with Crippen molar-refractivity contribution in [3.8, 4) is 0 Å². The largest absolute Gasteiger partial charge is 0.541 e. The Morgan fingerprint density at radius 1 is 1.63 bits per heavy atom. The fourth-order valence-corrected chi connectivity index (χ4v) is 1.74. The lowest BCUT2D eigenvalue weighted by atomic mass is 10.3. The first-order valence-electron chi connectivity index (χ1n) is 5.29. The van der Waals surface area contributed by atoms with Crippen LogP contribution < -0.4 is 0 Å². The highest BCUT2D eigenvalue weighted by molar-refractivity contribution is 7.09. The monoisotopic (exact) mass is 282 g/mol. The number of thiazole rings is 1. The smallest absolute Gasteiger partial charge is 0.378 e. The molecule has 2 radical (unpaired) electrons. The van der Waals surface area contributed by atoms with Crippen molar-refractivity contribution >= 4 is 37.0 Å². The van der Waals surface area contributed by atoms with Crippen LogP contribution in [0.5, 0.6) is 0 Å². The Morgan fingerprint density at radius 3 is 2.74 bits per heavy atom. The highest BCUT2D eigenvalue weighted by atomic mass is 32.1. The molecule has 1 unspecified atom stereocenters. The maximum absolute atomic E-state index is 11.2. The Hall–Kier alpha value is -1.90. The number of aromatic nitrogens is 1. The number of nitrogens with zero attached hydrogens (tertiary/aromatic N) is 2. The van der Waals surface area contributed by atoms with Gasteiger partial charge in [-0.25, -0.2) is 14.6 Å². The van der Waals surface area contributed by atoms with E-state index < -0.39 is 18.0 Å². The van der Waals surface area contributed by atoms with Gasteiger partial charge in [0.25, 0.3) is 0 Å². The van der Waals surface area contributed by atoms with E-state index in [1.807, 2.05) is 0 Å². The lowest BCUT2D eigenvalue weighted by Crippen LogP contribution is -2.25. The van der Waals surface area contributed by atoms with E-state index in [9.17, 15) is 9.59 Å². The molecule has 1 heterocycles. The standard InChI is InChI=1S/C10H11BN2O5S/c1-3-7(10(16)17-11)18-13-8(9(14)15)6-4-19-5(2)12-6/h4,7H,3H2,1-2H3,(H,14,15)/b13-8-. The fourth-order valence-electron chi connectivity index (χ4n) is 1.14. The van der Waals surface area contributed by atoms with Crippen LogP contribution in [0.3, 0.4) is 0 Å². The molecule has 19 heavy (non-hydrogen) atoms. The van der Waals surface area contributed by atoms with Crippen molar-refractivity contribution in [2.75, 3.05) is 0 Å². The highest BCUT2D eigenvalue weighted by Gasteiger charge is 2.21. The van der Waals surface area contributed by atoms with E-state index in [4.69, 9.17) is 18.0 Å². The zero-order valence-electron chi connectivity index (χ0n) is 10.3. The van der Waals surface area contributed by atoms with Crippen LogP contribution in [0.2, 0.25) is 0 Å². The summed E-state index contributed by atoms with van der Waals surface area (Å²) >= 11 is 1.28. The van der Waals surface area contributed by atoms with Gasteiger partial charge in [-0.15, -0.1) is 11.3 Å². The molecule has 1 N–H and O–H groups in total. The Bertz CT molecular complexity index is 502. The molecular weight excluding hydrogens is 271 g/mol. The number of aliphatic carboxylic acids is 1. The molecule has 0 aromatic carbocycles. The fraction of sp³-hybridized carbons (Fsp3) is 0.400. The molecule has 0 aliphatic rings. The molecule has 0 fully saturated rings. The van der Waals surface area contributed by atoms with Gasteiger partial charge in [0.05, 0.1) is 5.01 Å². The summed E-state index contributed by atoms with van der Waals surface area (Å²) in [7, 11) is 4.72. The summed E-state index contributed by atoms with van der Waals surface area (Å²) in [5, 5.41) is 14.7. The summed E-state index contributed by atoms with van der Waals surface area (Å²) < 4.78 is 4.01. The molecule has 0 amide bonds. The van der Waals surface area contributed by atoms with Crippen molar-refractivity contribution in [3.05, 3.63) is 16.1 Å². The number of rotatable bonds is 6. The summed E-state index contributed by atoms with van der Waals surface area (Å²) in [5.74, 6) is -2.13. The first-order chi connectivity index (χ1) is 8.99. The zero-order chi connectivity index (χ0) is 14.4. The lowest BCUT2D eigenvalue weighted by molar-refractivity contribution is -0.147. The van der Waals surface area contributed by atoms with E-state index in [0.29, 0.717) is 5.01 Å². The Morgan fingerprint density at radius 2 is 2.32 bits per heavy atom.